The molecule has 118 valence electrons. The summed E-state index contributed by atoms with van der Waals surface area (Å²) in [6.07, 6.45) is 3.54. The van der Waals surface area contributed by atoms with E-state index in [1.165, 1.54) is 11.1 Å². The molecular formula is C23H20O. The molecule has 0 N–H and O–H groups in total. The van der Waals surface area contributed by atoms with E-state index >= 15 is 0 Å². The highest BCUT2D eigenvalue weighted by Crippen LogP contribution is 2.20. The predicted octanol–water partition coefficient (Wildman–Crippen LogP) is 5.87. The number of hydrogen-bond donors (Lipinski definition) is 0. The fourth-order valence-corrected chi connectivity index (χ4v) is 2.73. The second-order valence-corrected chi connectivity index (χ2v) is 6.00. The monoisotopic (exact) mass is 312 g/mol. The zero-order chi connectivity index (χ0) is 16.9. The number of rotatable bonds is 4. The topological polar surface area (TPSA) is 17.1 Å². The van der Waals surface area contributed by atoms with Crippen molar-refractivity contribution in [1.29, 1.82) is 0 Å². The minimum absolute atomic E-state index is 0.0228. The number of carbonyl (C=O) groups excluding carboxylic acids is 1. The maximum atomic E-state index is 12.4. The summed E-state index contributed by atoms with van der Waals surface area (Å²) in [6.45, 7) is 4.13. The van der Waals surface area contributed by atoms with E-state index in [0.717, 1.165) is 16.7 Å². The molecule has 3 rings (SSSR count). The normalized spacial score (nSPS) is 10.9. The molecule has 0 aromatic heterocycles. The zero-order valence-corrected chi connectivity index (χ0v) is 14.0. The van der Waals surface area contributed by atoms with E-state index in [-0.39, 0.29) is 5.78 Å². The molecule has 0 amide bonds. The SMILES string of the molecule is Cc1ccc(C=CC(=O)c2ccc(-c3ccccc3)cc2)c(C)c1. The van der Waals surface area contributed by atoms with Gasteiger partial charge in [-0.2, -0.15) is 0 Å². The second kappa shape index (κ2) is 7.10. The third-order valence-corrected chi connectivity index (χ3v) is 4.12. The molecule has 0 atom stereocenters. The molecule has 0 aliphatic heterocycles. The summed E-state index contributed by atoms with van der Waals surface area (Å²) < 4.78 is 0. The lowest BCUT2D eigenvalue weighted by Crippen LogP contribution is -1.94. The number of ketones is 1. The van der Waals surface area contributed by atoms with Crippen molar-refractivity contribution in [3.8, 4) is 11.1 Å². The van der Waals surface area contributed by atoms with Gasteiger partial charge in [0.2, 0.25) is 0 Å². The van der Waals surface area contributed by atoms with Gasteiger partial charge in [0.25, 0.3) is 0 Å². The van der Waals surface area contributed by atoms with E-state index in [9.17, 15) is 4.79 Å². The maximum absolute atomic E-state index is 12.4. The summed E-state index contributed by atoms with van der Waals surface area (Å²) in [4.78, 5) is 12.4. The van der Waals surface area contributed by atoms with E-state index in [0.29, 0.717) is 5.56 Å². The Bertz CT molecular complexity index is 872. The van der Waals surface area contributed by atoms with Crippen LogP contribution >= 0.6 is 0 Å². The molecule has 0 heterocycles. The highest BCUT2D eigenvalue weighted by Gasteiger charge is 2.03. The van der Waals surface area contributed by atoms with Crippen LogP contribution in [0, 0.1) is 13.8 Å². The van der Waals surface area contributed by atoms with E-state index in [1.54, 1.807) is 6.08 Å². The van der Waals surface area contributed by atoms with Crippen LogP contribution in [0.5, 0.6) is 0 Å². The molecule has 1 nitrogen and oxygen atoms in total. The summed E-state index contributed by atoms with van der Waals surface area (Å²) in [5.74, 6) is 0.0228. The molecule has 3 aromatic carbocycles. The smallest absolute Gasteiger partial charge is 0.185 e. The van der Waals surface area contributed by atoms with Gasteiger partial charge in [0.05, 0.1) is 0 Å². The fraction of sp³-hybridized carbons (Fsp3) is 0.0870. The molecular weight excluding hydrogens is 292 g/mol. The third kappa shape index (κ3) is 3.69. The van der Waals surface area contributed by atoms with Crippen molar-refractivity contribution in [3.63, 3.8) is 0 Å². The van der Waals surface area contributed by atoms with Crippen LogP contribution in [0.2, 0.25) is 0 Å². The van der Waals surface area contributed by atoms with Crippen LogP contribution in [0.25, 0.3) is 17.2 Å². The number of aryl methyl sites for hydroxylation is 2. The van der Waals surface area contributed by atoms with Crippen LogP contribution < -0.4 is 0 Å². The molecule has 0 spiro atoms. The van der Waals surface area contributed by atoms with Gasteiger partial charge in [-0.1, -0.05) is 84.4 Å². The number of carbonyl (C=O) groups is 1. The van der Waals surface area contributed by atoms with Gasteiger partial charge in [-0.15, -0.1) is 0 Å². The quantitative estimate of drug-likeness (QED) is 0.435. The number of hydrogen-bond acceptors (Lipinski definition) is 1. The Balaban J connectivity index is 1.77. The molecule has 3 aromatic rings. The largest absolute Gasteiger partial charge is 0.289 e. The Morgan fingerprint density at radius 2 is 1.46 bits per heavy atom. The van der Waals surface area contributed by atoms with Crippen molar-refractivity contribution in [3.05, 3.63) is 101 Å². The molecule has 0 aliphatic carbocycles. The molecule has 0 aliphatic rings. The van der Waals surface area contributed by atoms with Gasteiger partial charge in [-0.3, -0.25) is 4.79 Å². The highest BCUT2D eigenvalue weighted by molar-refractivity contribution is 6.07. The molecule has 0 saturated heterocycles. The van der Waals surface area contributed by atoms with Gasteiger partial charge in [0, 0.05) is 5.56 Å². The molecule has 1 heteroatoms. The first kappa shape index (κ1) is 15.9. The number of allylic oxidation sites excluding steroid dienone is 1. The summed E-state index contributed by atoms with van der Waals surface area (Å²) in [5.41, 5.74) is 6.46. The first-order valence-electron chi connectivity index (χ1n) is 8.08. The molecule has 0 radical (unpaired) electrons. The van der Waals surface area contributed by atoms with Gasteiger partial charge in [-0.25, -0.2) is 0 Å². The van der Waals surface area contributed by atoms with E-state index in [2.05, 4.69) is 38.1 Å². The first-order chi connectivity index (χ1) is 11.6. The minimum atomic E-state index is 0.0228. The van der Waals surface area contributed by atoms with Crippen LogP contribution in [0.1, 0.15) is 27.0 Å². The molecule has 24 heavy (non-hydrogen) atoms. The van der Waals surface area contributed by atoms with Crippen LogP contribution in [-0.2, 0) is 0 Å². The van der Waals surface area contributed by atoms with Crippen LogP contribution in [0.3, 0.4) is 0 Å². The van der Waals surface area contributed by atoms with Crippen LogP contribution in [-0.4, -0.2) is 5.78 Å². The lowest BCUT2D eigenvalue weighted by Gasteiger charge is -2.03. The van der Waals surface area contributed by atoms with Crippen molar-refractivity contribution >= 4 is 11.9 Å². The molecule has 0 unspecified atom stereocenters. The van der Waals surface area contributed by atoms with Crippen molar-refractivity contribution in [2.45, 2.75) is 13.8 Å². The van der Waals surface area contributed by atoms with E-state index in [4.69, 9.17) is 0 Å². The Kier molecular flexibility index (Phi) is 4.72. The molecule has 0 saturated carbocycles. The average molecular weight is 312 g/mol. The lowest BCUT2D eigenvalue weighted by atomic mass is 10.0. The van der Waals surface area contributed by atoms with Crippen molar-refractivity contribution in [2.75, 3.05) is 0 Å². The molecule has 0 fully saturated rings. The fourth-order valence-electron chi connectivity index (χ4n) is 2.73. The number of benzene rings is 3. The summed E-state index contributed by atoms with van der Waals surface area (Å²) >= 11 is 0. The van der Waals surface area contributed by atoms with Crippen molar-refractivity contribution in [2.24, 2.45) is 0 Å². The van der Waals surface area contributed by atoms with Crippen LogP contribution in [0.4, 0.5) is 0 Å². The lowest BCUT2D eigenvalue weighted by molar-refractivity contribution is 0.104. The van der Waals surface area contributed by atoms with Gasteiger partial charge >= 0.3 is 0 Å². The predicted molar refractivity (Wildman–Crippen MR) is 101 cm³/mol. The Morgan fingerprint density at radius 1 is 0.792 bits per heavy atom. The second-order valence-electron chi connectivity index (χ2n) is 6.00. The van der Waals surface area contributed by atoms with Crippen LogP contribution in [0.15, 0.2) is 78.9 Å². The highest BCUT2D eigenvalue weighted by atomic mass is 16.1. The summed E-state index contributed by atoms with van der Waals surface area (Å²) in [5, 5.41) is 0. The first-order valence-corrected chi connectivity index (χ1v) is 8.08. The van der Waals surface area contributed by atoms with Crippen molar-refractivity contribution in [1.82, 2.24) is 0 Å². The van der Waals surface area contributed by atoms with Gasteiger partial charge < -0.3 is 0 Å². The van der Waals surface area contributed by atoms with E-state index < -0.39 is 0 Å². The standard InChI is InChI=1S/C23H20O/c1-17-8-9-19(18(2)16-17)14-15-23(24)22-12-10-21(11-13-22)20-6-4-3-5-7-20/h3-16H,1-2H3. The summed E-state index contributed by atoms with van der Waals surface area (Å²) in [7, 11) is 0. The van der Waals surface area contributed by atoms with Gasteiger partial charge in [0.1, 0.15) is 0 Å². The Morgan fingerprint density at radius 3 is 2.12 bits per heavy atom. The van der Waals surface area contributed by atoms with Gasteiger partial charge in [0.15, 0.2) is 5.78 Å². The maximum Gasteiger partial charge on any atom is 0.185 e. The zero-order valence-electron chi connectivity index (χ0n) is 14.0. The molecule has 0 bridgehead atoms. The van der Waals surface area contributed by atoms with Gasteiger partial charge in [-0.05, 0) is 42.2 Å². The summed E-state index contributed by atoms with van der Waals surface area (Å²) in [6, 6.07) is 24.2. The minimum Gasteiger partial charge on any atom is -0.289 e. The Labute approximate surface area is 143 Å². The third-order valence-electron chi connectivity index (χ3n) is 4.12. The Hall–Kier alpha value is -2.93. The average Bonchev–Trinajstić information content (AvgIpc) is 2.62. The van der Waals surface area contributed by atoms with E-state index in [1.807, 2.05) is 54.6 Å². The van der Waals surface area contributed by atoms with Crippen molar-refractivity contribution < 1.29 is 4.79 Å².